The number of anilines is 1. The van der Waals surface area contributed by atoms with E-state index in [-0.39, 0.29) is 39.0 Å². The summed E-state index contributed by atoms with van der Waals surface area (Å²) in [5, 5.41) is 3.69. The third-order valence-electron chi connectivity index (χ3n) is 6.17. The summed E-state index contributed by atoms with van der Waals surface area (Å²) in [6.45, 7) is 5.58. The summed E-state index contributed by atoms with van der Waals surface area (Å²) in [5.74, 6) is -0.712. The number of sulfonamides is 1. The molecule has 2 amide bonds. The predicted molar refractivity (Wildman–Crippen MR) is 161 cm³/mol. The van der Waals surface area contributed by atoms with E-state index in [9.17, 15) is 18.0 Å². The van der Waals surface area contributed by atoms with E-state index in [0.29, 0.717) is 23.6 Å². The van der Waals surface area contributed by atoms with Crippen molar-refractivity contribution in [2.75, 3.05) is 17.4 Å². The molecule has 0 heterocycles. The monoisotopic (exact) mass is 623 g/mol. The zero-order chi connectivity index (χ0) is 29.4. The molecular weight excluding hydrogens is 593 g/mol. The molecule has 0 aliphatic rings. The van der Waals surface area contributed by atoms with Crippen molar-refractivity contribution >= 4 is 62.3 Å². The number of nitrogens with one attached hydrogen (secondary N) is 1. The Bertz CT molecular complexity index is 1440. The molecule has 0 aromatic heterocycles. The first-order chi connectivity index (χ1) is 18.9. The van der Waals surface area contributed by atoms with Crippen LogP contribution in [-0.2, 0) is 26.2 Å². The maximum absolute atomic E-state index is 14.1. The third-order valence-corrected chi connectivity index (χ3v) is 9.07. The molecule has 0 spiro atoms. The van der Waals surface area contributed by atoms with Gasteiger partial charge in [0, 0.05) is 18.1 Å². The molecule has 0 aliphatic heterocycles. The van der Waals surface area contributed by atoms with Gasteiger partial charge in [-0.2, -0.15) is 0 Å². The van der Waals surface area contributed by atoms with E-state index in [1.54, 1.807) is 49.4 Å². The third kappa shape index (κ3) is 7.91. The lowest BCUT2D eigenvalue weighted by Gasteiger charge is -2.33. The average molecular weight is 625 g/mol. The van der Waals surface area contributed by atoms with Crippen LogP contribution in [0.4, 0.5) is 5.69 Å². The van der Waals surface area contributed by atoms with Gasteiger partial charge in [0.2, 0.25) is 11.8 Å². The summed E-state index contributed by atoms with van der Waals surface area (Å²) >= 11 is 18.7. The van der Waals surface area contributed by atoms with Crippen LogP contribution in [0.1, 0.15) is 32.8 Å². The van der Waals surface area contributed by atoms with Crippen molar-refractivity contribution < 1.29 is 18.0 Å². The zero-order valence-corrected chi connectivity index (χ0v) is 25.6. The molecule has 3 aromatic rings. The Kier molecular flexibility index (Phi) is 11.3. The van der Waals surface area contributed by atoms with Crippen LogP contribution in [0.25, 0.3) is 0 Å². The highest BCUT2D eigenvalue weighted by Gasteiger charge is 2.34. The fraction of sp³-hybridized carbons (Fsp3) is 0.310. The highest BCUT2D eigenvalue weighted by molar-refractivity contribution is 7.92. The molecule has 40 heavy (non-hydrogen) atoms. The van der Waals surface area contributed by atoms with Crippen molar-refractivity contribution in [3.63, 3.8) is 0 Å². The summed E-state index contributed by atoms with van der Waals surface area (Å²) in [6.07, 6.45) is 0.304. The van der Waals surface area contributed by atoms with Gasteiger partial charge in [-0.15, -0.1) is 0 Å². The summed E-state index contributed by atoms with van der Waals surface area (Å²) in [5.41, 5.74) is 0.779. The minimum Gasteiger partial charge on any atom is -0.354 e. The first-order valence-electron chi connectivity index (χ1n) is 12.8. The number of nitrogens with zero attached hydrogens (tertiary/aromatic N) is 2. The van der Waals surface area contributed by atoms with E-state index in [4.69, 9.17) is 34.8 Å². The number of rotatable bonds is 12. The molecule has 3 rings (SSSR count). The Labute approximate surface area is 251 Å². The molecule has 214 valence electrons. The maximum Gasteiger partial charge on any atom is 0.264 e. The first kappa shape index (κ1) is 31.7. The minimum absolute atomic E-state index is 0.00626. The van der Waals surface area contributed by atoms with Crippen molar-refractivity contribution in [1.29, 1.82) is 0 Å². The molecule has 0 bridgehead atoms. The van der Waals surface area contributed by atoms with E-state index in [2.05, 4.69) is 5.32 Å². The van der Waals surface area contributed by atoms with Crippen LogP contribution in [0.3, 0.4) is 0 Å². The van der Waals surface area contributed by atoms with Crippen LogP contribution < -0.4 is 9.62 Å². The molecule has 1 atom stereocenters. The number of halogens is 3. The Morgan fingerprint density at radius 2 is 1.52 bits per heavy atom. The van der Waals surface area contributed by atoms with Crippen molar-refractivity contribution in [3.8, 4) is 0 Å². The fourth-order valence-corrected chi connectivity index (χ4v) is 5.96. The number of benzene rings is 3. The van der Waals surface area contributed by atoms with Gasteiger partial charge in [0.05, 0.1) is 20.6 Å². The van der Waals surface area contributed by atoms with Crippen molar-refractivity contribution in [1.82, 2.24) is 10.2 Å². The zero-order valence-electron chi connectivity index (χ0n) is 22.5. The van der Waals surface area contributed by atoms with Gasteiger partial charge in [-0.25, -0.2) is 8.42 Å². The molecule has 0 aliphatic carbocycles. The number of amides is 2. The predicted octanol–water partition coefficient (Wildman–Crippen LogP) is 6.42. The molecule has 3 aromatic carbocycles. The fourth-order valence-electron chi connectivity index (χ4n) is 4.04. The topological polar surface area (TPSA) is 86.8 Å². The van der Waals surface area contributed by atoms with Crippen LogP contribution in [0.15, 0.2) is 77.7 Å². The van der Waals surface area contributed by atoms with E-state index in [0.717, 1.165) is 4.31 Å². The molecule has 0 unspecified atom stereocenters. The molecule has 0 saturated carbocycles. The van der Waals surface area contributed by atoms with Crippen LogP contribution in [0.5, 0.6) is 0 Å². The van der Waals surface area contributed by atoms with Gasteiger partial charge in [0.1, 0.15) is 12.6 Å². The van der Waals surface area contributed by atoms with Crippen molar-refractivity contribution in [2.45, 2.75) is 44.7 Å². The van der Waals surface area contributed by atoms with E-state index in [1.165, 1.54) is 35.2 Å². The average Bonchev–Trinajstić information content (AvgIpc) is 2.93. The van der Waals surface area contributed by atoms with Gasteiger partial charge in [0.15, 0.2) is 0 Å². The van der Waals surface area contributed by atoms with Gasteiger partial charge in [-0.05, 0) is 54.3 Å². The molecule has 7 nitrogen and oxygen atoms in total. The first-order valence-corrected chi connectivity index (χ1v) is 15.4. The SMILES string of the molecule is CC[C@@H](C(=O)NCC(C)C)N(Cc1ccccc1Cl)C(=O)CN(c1ccc(Cl)c(Cl)c1)S(=O)(=O)c1ccccc1. The Balaban J connectivity index is 2.07. The van der Waals surface area contributed by atoms with Crippen molar-refractivity contribution in [2.24, 2.45) is 5.92 Å². The number of carbonyl (C=O) groups excluding carboxylic acids is 2. The van der Waals surface area contributed by atoms with Gasteiger partial charge >= 0.3 is 0 Å². The van der Waals surface area contributed by atoms with E-state index in [1.807, 2.05) is 13.8 Å². The minimum atomic E-state index is -4.21. The van der Waals surface area contributed by atoms with Crippen LogP contribution in [0, 0.1) is 5.92 Å². The lowest BCUT2D eigenvalue weighted by Crippen LogP contribution is -2.52. The Hall–Kier alpha value is -2.78. The van der Waals surface area contributed by atoms with Crippen LogP contribution >= 0.6 is 34.8 Å². The van der Waals surface area contributed by atoms with Gasteiger partial charge in [-0.3, -0.25) is 13.9 Å². The lowest BCUT2D eigenvalue weighted by atomic mass is 10.1. The highest BCUT2D eigenvalue weighted by Crippen LogP contribution is 2.31. The molecule has 0 saturated heterocycles. The Morgan fingerprint density at radius 3 is 2.12 bits per heavy atom. The standard InChI is InChI=1S/C29H32Cl3N3O4S/c1-4-27(29(37)33-17-20(2)3)34(18-21-10-8-9-13-24(21)30)28(36)19-35(22-14-15-25(31)26(32)16-22)40(38,39)23-11-6-5-7-12-23/h5-16,20,27H,4,17-19H2,1-3H3,(H,33,37)/t27-/m0/s1. The lowest BCUT2D eigenvalue weighted by molar-refractivity contribution is -0.140. The maximum atomic E-state index is 14.1. The van der Waals surface area contributed by atoms with Gasteiger partial charge < -0.3 is 10.2 Å². The molecule has 1 N–H and O–H groups in total. The second-order valence-corrected chi connectivity index (χ2v) is 12.7. The van der Waals surface area contributed by atoms with Crippen LogP contribution in [0.2, 0.25) is 15.1 Å². The highest BCUT2D eigenvalue weighted by atomic mass is 35.5. The molecular formula is C29H32Cl3N3O4S. The second-order valence-electron chi connectivity index (χ2n) is 9.60. The summed E-state index contributed by atoms with van der Waals surface area (Å²) in [4.78, 5) is 28.7. The summed E-state index contributed by atoms with van der Waals surface area (Å²) in [6, 6.07) is 18.3. The molecule has 0 radical (unpaired) electrons. The van der Waals surface area contributed by atoms with Crippen LogP contribution in [-0.4, -0.2) is 44.3 Å². The second kappa shape index (κ2) is 14.2. The van der Waals surface area contributed by atoms with Crippen molar-refractivity contribution in [3.05, 3.63) is 93.4 Å². The smallest absolute Gasteiger partial charge is 0.264 e. The van der Waals surface area contributed by atoms with E-state index < -0.39 is 28.5 Å². The normalized spacial score (nSPS) is 12.2. The number of hydrogen-bond acceptors (Lipinski definition) is 4. The molecule has 0 fully saturated rings. The Morgan fingerprint density at radius 1 is 0.875 bits per heavy atom. The summed E-state index contributed by atoms with van der Waals surface area (Å²) < 4.78 is 28.6. The largest absolute Gasteiger partial charge is 0.354 e. The number of hydrogen-bond donors (Lipinski definition) is 1. The van der Waals surface area contributed by atoms with Gasteiger partial charge in [-0.1, -0.05) is 92.0 Å². The summed E-state index contributed by atoms with van der Waals surface area (Å²) in [7, 11) is -4.21. The quantitative estimate of drug-likeness (QED) is 0.252. The van der Waals surface area contributed by atoms with E-state index >= 15 is 0 Å². The molecule has 11 heteroatoms. The van der Waals surface area contributed by atoms with Gasteiger partial charge in [0.25, 0.3) is 10.0 Å². The number of carbonyl (C=O) groups is 2.